The van der Waals surface area contributed by atoms with E-state index < -0.39 is 0 Å². The number of aromatic nitrogens is 1. The average Bonchev–Trinajstić information content (AvgIpc) is 2.74. The van der Waals surface area contributed by atoms with Gasteiger partial charge in [-0.25, -0.2) is 4.98 Å². The number of aryl methyl sites for hydroxylation is 1. The molecular weight excluding hydrogens is 264 g/mol. The van der Waals surface area contributed by atoms with Gasteiger partial charge in [-0.3, -0.25) is 4.79 Å². The highest BCUT2D eigenvalue weighted by molar-refractivity contribution is 5.78. The van der Waals surface area contributed by atoms with Gasteiger partial charge in [-0.1, -0.05) is 40.5 Å². The van der Waals surface area contributed by atoms with Gasteiger partial charge in [-0.15, -0.1) is 0 Å². The van der Waals surface area contributed by atoms with Crippen LogP contribution in [0.3, 0.4) is 0 Å². The van der Waals surface area contributed by atoms with E-state index in [9.17, 15) is 4.79 Å². The number of oxazole rings is 1. The first kappa shape index (κ1) is 16.1. The SMILES string of the molecule is Cc1nc(C(C)(C)C)oc1CC(=O)NC1CCCCC1C. The molecule has 1 amide bonds. The average molecular weight is 292 g/mol. The fourth-order valence-electron chi connectivity index (χ4n) is 2.85. The molecule has 2 unspecified atom stereocenters. The number of hydrogen-bond acceptors (Lipinski definition) is 3. The minimum Gasteiger partial charge on any atom is -0.444 e. The van der Waals surface area contributed by atoms with E-state index >= 15 is 0 Å². The summed E-state index contributed by atoms with van der Waals surface area (Å²) in [6.07, 6.45) is 5.09. The third-order valence-corrected chi connectivity index (χ3v) is 4.31. The highest BCUT2D eigenvalue weighted by atomic mass is 16.4. The minimum absolute atomic E-state index is 0.0495. The molecule has 0 radical (unpaired) electrons. The first-order valence-electron chi connectivity index (χ1n) is 8.03. The predicted molar refractivity (Wildman–Crippen MR) is 83.2 cm³/mol. The molecule has 2 atom stereocenters. The van der Waals surface area contributed by atoms with Gasteiger partial charge in [0.05, 0.1) is 12.1 Å². The number of rotatable bonds is 3. The van der Waals surface area contributed by atoms with Gasteiger partial charge in [0.1, 0.15) is 5.76 Å². The van der Waals surface area contributed by atoms with Crippen LogP contribution in [0.1, 0.15) is 70.7 Å². The molecule has 118 valence electrons. The molecule has 1 saturated carbocycles. The monoisotopic (exact) mass is 292 g/mol. The van der Waals surface area contributed by atoms with Gasteiger partial charge in [0.15, 0.2) is 5.89 Å². The zero-order chi connectivity index (χ0) is 15.6. The Bertz CT molecular complexity index is 499. The molecular formula is C17H28N2O2. The van der Waals surface area contributed by atoms with Gasteiger partial charge >= 0.3 is 0 Å². The van der Waals surface area contributed by atoms with Crippen LogP contribution < -0.4 is 5.32 Å². The molecule has 4 nitrogen and oxygen atoms in total. The number of carbonyl (C=O) groups excluding carboxylic acids is 1. The molecule has 1 aliphatic carbocycles. The first-order chi connectivity index (χ1) is 9.77. The van der Waals surface area contributed by atoms with Crippen molar-refractivity contribution in [2.75, 3.05) is 0 Å². The van der Waals surface area contributed by atoms with Crippen LogP contribution in [0.15, 0.2) is 4.42 Å². The lowest BCUT2D eigenvalue weighted by molar-refractivity contribution is -0.122. The fraction of sp³-hybridized carbons (Fsp3) is 0.765. The van der Waals surface area contributed by atoms with E-state index in [1.165, 1.54) is 19.3 Å². The molecule has 1 aromatic heterocycles. The Labute approximate surface area is 127 Å². The molecule has 1 aromatic rings. The van der Waals surface area contributed by atoms with Crippen LogP contribution in [-0.2, 0) is 16.6 Å². The molecule has 1 heterocycles. The Hall–Kier alpha value is -1.32. The van der Waals surface area contributed by atoms with Crippen LogP contribution in [0.25, 0.3) is 0 Å². The topological polar surface area (TPSA) is 55.1 Å². The molecule has 4 heteroatoms. The van der Waals surface area contributed by atoms with Crippen LogP contribution in [0, 0.1) is 12.8 Å². The molecule has 0 saturated heterocycles. The number of nitrogens with one attached hydrogen (secondary N) is 1. The summed E-state index contributed by atoms with van der Waals surface area (Å²) in [5.41, 5.74) is 0.698. The Morgan fingerprint density at radius 3 is 2.57 bits per heavy atom. The van der Waals surface area contributed by atoms with Gasteiger partial charge < -0.3 is 9.73 Å². The smallest absolute Gasteiger partial charge is 0.227 e. The zero-order valence-electron chi connectivity index (χ0n) is 14.0. The highest BCUT2D eigenvalue weighted by Crippen LogP contribution is 2.25. The standard InChI is InChI=1S/C17H28N2O2/c1-11-8-6-7-9-13(11)19-15(20)10-14-12(2)18-16(21-14)17(3,4)5/h11,13H,6-10H2,1-5H3,(H,19,20). The van der Waals surface area contributed by atoms with Crippen molar-refractivity contribution in [2.24, 2.45) is 5.92 Å². The van der Waals surface area contributed by atoms with Crippen molar-refractivity contribution in [3.8, 4) is 0 Å². The van der Waals surface area contributed by atoms with Crippen LogP contribution >= 0.6 is 0 Å². The van der Waals surface area contributed by atoms with Crippen molar-refractivity contribution in [1.29, 1.82) is 0 Å². The number of nitrogens with zero attached hydrogens (tertiary/aromatic N) is 1. The van der Waals surface area contributed by atoms with Gasteiger partial charge in [-0.2, -0.15) is 0 Å². The van der Waals surface area contributed by atoms with Crippen molar-refractivity contribution in [3.05, 3.63) is 17.3 Å². The van der Waals surface area contributed by atoms with Gasteiger partial charge in [-0.05, 0) is 25.7 Å². The summed E-state index contributed by atoms with van der Waals surface area (Å²) in [7, 11) is 0. The summed E-state index contributed by atoms with van der Waals surface area (Å²) < 4.78 is 5.79. The molecule has 2 rings (SSSR count). The molecule has 1 aliphatic rings. The maximum atomic E-state index is 12.2. The second kappa shape index (κ2) is 6.20. The van der Waals surface area contributed by atoms with Gasteiger partial charge in [0.2, 0.25) is 5.91 Å². The van der Waals surface area contributed by atoms with E-state index in [0.717, 1.165) is 12.1 Å². The van der Waals surface area contributed by atoms with Crippen molar-refractivity contribution < 1.29 is 9.21 Å². The van der Waals surface area contributed by atoms with Gasteiger partial charge in [0, 0.05) is 11.5 Å². The van der Waals surface area contributed by atoms with Crippen molar-refractivity contribution >= 4 is 5.91 Å². The second-order valence-corrected chi connectivity index (χ2v) is 7.39. The van der Waals surface area contributed by atoms with Crippen LogP contribution in [0.4, 0.5) is 0 Å². The summed E-state index contributed by atoms with van der Waals surface area (Å²) in [5, 5.41) is 3.17. The van der Waals surface area contributed by atoms with Crippen molar-refractivity contribution in [2.45, 2.75) is 78.2 Å². The molecule has 0 aromatic carbocycles. The van der Waals surface area contributed by atoms with Crippen LogP contribution in [0.2, 0.25) is 0 Å². The Morgan fingerprint density at radius 1 is 1.33 bits per heavy atom. The van der Waals surface area contributed by atoms with Crippen molar-refractivity contribution in [3.63, 3.8) is 0 Å². The number of hydrogen-bond donors (Lipinski definition) is 1. The second-order valence-electron chi connectivity index (χ2n) is 7.39. The minimum atomic E-state index is -0.128. The maximum absolute atomic E-state index is 12.2. The highest BCUT2D eigenvalue weighted by Gasteiger charge is 2.25. The summed E-state index contributed by atoms with van der Waals surface area (Å²) >= 11 is 0. The molecule has 21 heavy (non-hydrogen) atoms. The van der Waals surface area contributed by atoms with Crippen LogP contribution in [-0.4, -0.2) is 16.9 Å². The first-order valence-corrected chi connectivity index (χ1v) is 8.03. The molecule has 0 aliphatic heterocycles. The zero-order valence-corrected chi connectivity index (χ0v) is 14.0. The van der Waals surface area contributed by atoms with Crippen LogP contribution in [0.5, 0.6) is 0 Å². The Kier molecular flexibility index (Phi) is 4.74. The molecule has 0 bridgehead atoms. The van der Waals surface area contributed by atoms with E-state index in [4.69, 9.17) is 4.42 Å². The fourth-order valence-corrected chi connectivity index (χ4v) is 2.85. The van der Waals surface area contributed by atoms with E-state index in [1.54, 1.807) is 0 Å². The summed E-state index contributed by atoms with van der Waals surface area (Å²) in [6.45, 7) is 10.3. The Balaban J connectivity index is 1.98. The third-order valence-electron chi connectivity index (χ3n) is 4.31. The third kappa shape index (κ3) is 4.08. The van der Waals surface area contributed by atoms with E-state index in [-0.39, 0.29) is 17.7 Å². The molecule has 1 fully saturated rings. The number of carbonyl (C=O) groups is 1. The van der Waals surface area contributed by atoms with E-state index in [2.05, 4.69) is 38.0 Å². The lowest BCUT2D eigenvalue weighted by Gasteiger charge is -2.29. The lowest BCUT2D eigenvalue weighted by Crippen LogP contribution is -2.41. The predicted octanol–water partition coefficient (Wildman–Crippen LogP) is 3.52. The quantitative estimate of drug-likeness (QED) is 0.927. The maximum Gasteiger partial charge on any atom is 0.227 e. The molecule has 1 N–H and O–H groups in total. The van der Waals surface area contributed by atoms with Crippen molar-refractivity contribution in [1.82, 2.24) is 10.3 Å². The van der Waals surface area contributed by atoms with E-state index in [1.807, 2.05) is 6.92 Å². The number of amides is 1. The summed E-state index contributed by atoms with van der Waals surface area (Å²) in [4.78, 5) is 16.7. The summed E-state index contributed by atoms with van der Waals surface area (Å²) in [5.74, 6) is 2.02. The lowest BCUT2D eigenvalue weighted by atomic mass is 9.86. The molecule has 0 spiro atoms. The van der Waals surface area contributed by atoms with Gasteiger partial charge in [0.25, 0.3) is 0 Å². The Morgan fingerprint density at radius 2 is 2.00 bits per heavy atom. The summed E-state index contributed by atoms with van der Waals surface area (Å²) in [6, 6.07) is 0.316. The normalized spacial score (nSPS) is 23.1. The van der Waals surface area contributed by atoms with E-state index in [0.29, 0.717) is 23.6 Å². The largest absolute Gasteiger partial charge is 0.444 e.